The smallest absolute Gasteiger partial charge is 0.152 e. The SMILES string of the molecule is CC1(C)CSc2cc([B]CC(C)(C)C(C)(C)S)ccc2C1. The molecule has 0 bridgehead atoms. The average molecular weight is 319 g/mol. The zero-order chi connectivity index (χ0) is 15.9. The monoisotopic (exact) mass is 319 g/mol. The Morgan fingerprint density at radius 1 is 1.24 bits per heavy atom. The van der Waals surface area contributed by atoms with E-state index >= 15 is 0 Å². The maximum Gasteiger partial charge on any atom is 0.152 e. The van der Waals surface area contributed by atoms with Crippen molar-refractivity contribution in [1.82, 2.24) is 0 Å². The lowest BCUT2D eigenvalue weighted by atomic mass is 9.57. The molecule has 0 amide bonds. The maximum atomic E-state index is 4.76. The van der Waals surface area contributed by atoms with Gasteiger partial charge in [0.25, 0.3) is 0 Å². The van der Waals surface area contributed by atoms with E-state index in [1.165, 1.54) is 28.1 Å². The molecule has 0 saturated carbocycles. The van der Waals surface area contributed by atoms with Crippen LogP contribution >= 0.6 is 24.4 Å². The normalized spacial score (nSPS) is 18.2. The minimum absolute atomic E-state index is 0.0243. The van der Waals surface area contributed by atoms with Crippen molar-refractivity contribution in [1.29, 1.82) is 0 Å². The van der Waals surface area contributed by atoms with E-state index in [-0.39, 0.29) is 10.2 Å². The molecule has 1 aromatic rings. The highest BCUT2D eigenvalue weighted by Gasteiger charge is 2.33. The summed E-state index contributed by atoms with van der Waals surface area (Å²) < 4.78 is 0.0243. The van der Waals surface area contributed by atoms with Gasteiger partial charge in [-0.1, -0.05) is 71.5 Å². The van der Waals surface area contributed by atoms with Gasteiger partial charge in [0.15, 0.2) is 7.28 Å². The molecule has 0 aliphatic carbocycles. The fraction of sp³-hybridized carbons (Fsp3) is 0.667. The number of thioether (sulfide) groups is 1. The van der Waals surface area contributed by atoms with Crippen molar-refractivity contribution < 1.29 is 0 Å². The summed E-state index contributed by atoms with van der Waals surface area (Å²) in [5, 5.41) is 0. The number of rotatable bonds is 4. The van der Waals surface area contributed by atoms with Crippen LogP contribution in [0.5, 0.6) is 0 Å². The lowest BCUT2D eigenvalue weighted by molar-refractivity contribution is 0.322. The summed E-state index contributed by atoms with van der Waals surface area (Å²) >= 11 is 6.77. The van der Waals surface area contributed by atoms with E-state index in [0.29, 0.717) is 5.41 Å². The fourth-order valence-electron chi connectivity index (χ4n) is 2.44. The van der Waals surface area contributed by atoms with Crippen molar-refractivity contribution in [3.05, 3.63) is 23.8 Å². The van der Waals surface area contributed by atoms with Gasteiger partial charge in [-0.2, -0.15) is 12.6 Å². The van der Waals surface area contributed by atoms with Gasteiger partial charge in [0.2, 0.25) is 0 Å². The molecule has 3 heteroatoms. The molecule has 0 nitrogen and oxygen atoms in total. The predicted molar refractivity (Wildman–Crippen MR) is 102 cm³/mol. The molecule has 0 fully saturated rings. The zero-order valence-corrected chi connectivity index (χ0v) is 16.0. The summed E-state index contributed by atoms with van der Waals surface area (Å²) in [5.41, 5.74) is 3.48. The predicted octanol–water partition coefficient (Wildman–Crippen LogP) is 4.84. The third-order valence-electron chi connectivity index (χ3n) is 4.88. The van der Waals surface area contributed by atoms with Crippen molar-refractivity contribution in [2.75, 3.05) is 5.75 Å². The fourth-order valence-corrected chi connectivity index (χ4v) is 3.73. The second-order valence-corrected chi connectivity index (χ2v) is 10.5. The molecule has 2 rings (SSSR count). The zero-order valence-electron chi connectivity index (χ0n) is 14.3. The van der Waals surface area contributed by atoms with Crippen LogP contribution in [0.1, 0.15) is 47.1 Å². The van der Waals surface area contributed by atoms with E-state index in [1.807, 2.05) is 11.8 Å². The van der Waals surface area contributed by atoms with Crippen LogP contribution in [0.25, 0.3) is 0 Å². The van der Waals surface area contributed by atoms with Gasteiger partial charge >= 0.3 is 0 Å². The molecule has 0 saturated heterocycles. The van der Waals surface area contributed by atoms with Gasteiger partial charge in [-0.15, -0.1) is 11.8 Å². The Balaban J connectivity index is 2.07. The second kappa shape index (κ2) is 5.89. The van der Waals surface area contributed by atoms with E-state index < -0.39 is 0 Å². The number of thiol groups is 1. The van der Waals surface area contributed by atoms with Gasteiger partial charge in [0.05, 0.1) is 0 Å². The van der Waals surface area contributed by atoms with Crippen LogP contribution < -0.4 is 5.46 Å². The van der Waals surface area contributed by atoms with E-state index in [9.17, 15) is 0 Å². The molecular formula is C18H28BS2. The molecule has 1 aliphatic heterocycles. The summed E-state index contributed by atoms with van der Waals surface area (Å²) in [6.07, 6.45) is 2.25. The Kier molecular flexibility index (Phi) is 4.86. The average Bonchev–Trinajstić information content (AvgIpc) is 2.34. The summed E-state index contributed by atoms with van der Waals surface area (Å²) in [6, 6.07) is 6.98. The molecule has 0 aromatic heterocycles. The van der Waals surface area contributed by atoms with Gasteiger partial charge in [0, 0.05) is 15.4 Å². The van der Waals surface area contributed by atoms with Crippen LogP contribution in [0.15, 0.2) is 23.1 Å². The topological polar surface area (TPSA) is 0 Å². The van der Waals surface area contributed by atoms with E-state index in [2.05, 4.69) is 67.0 Å². The van der Waals surface area contributed by atoms with Crippen LogP contribution in [0.2, 0.25) is 6.32 Å². The Hall–Kier alpha value is -0.0151. The Morgan fingerprint density at radius 2 is 1.90 bits per heavy atom. The molecule has 0 unspecified atom stereocenters. The largest absolute Gasteiger partial charge is 0.173 e. The summed E-state index contributed by atoms with van der Waals surface area (Å²) in [4.78, 5) is 1.48. The van der Waals surface area contributed by atoms with Crippen molar-refractivity contribution in [2.45, 2.75) is 63.9 Å². The Morgan fingerprint density at radius 3 is 2.52 bits per heavy atom. The minimum Gasteiger partial charge on any atom is -0.173 e. The van der Waals surface area contributed by atoms with Gasteiger partial charge in [0.1, 0.15) is 0 Å². The standard InChI is InChI=1S/C18H28BS2/c1-16(2)10-13-7-8-14(9-15(13)21-12-16)19-11-17(3,4)18(5,6)20/h7-9,20H,10-12H2,1-6H3. The lowest BCUT2D eigenvalue weighted by Gasteiger charge is -2.38. The van der Waals surface area contributed by atoms with Crippen LogP contribution in [0.3, 0.4) is 0 Å². The van der Waals surface area contributed by atoms with Crippen LogP contribution in [0.4, 0.5) is 0 Å². The second-order valence-electron chi connectivity index (χ2n) is 8.35. The van der Waals surface area contributed by atoms with Crippen molar-refractivity contribution >= 4 is 37.1 Å². The first-order chi connectivity index (χ1) is 9.50. The molecule has 0 atom stereocenters. The Bertz CT molecular complexity index is 512. The first kappa shape index (κ1) is 17.3. The molecular weight excluding hydrogens is 291 g/mol. The highest BCUT2D eigenvalue weighted by atomic mass is 32.2. The number of hydrogen-bond donors (Lipinski definition) is 1. The van der Waals surface area contributed by atoms with Crippen LogP contribution in [-0.2, 0) is 6.42 Å². The van der Waals surface area contributed by atoms with E-state index in [4.69, 9.17) is 12.6 Å². The van der Waals surface area contributed by atoms with Gasteiger partial charge in [-0.3, -0.25) is 0 Å². The van der Waals surface area contributed by atoms with Gasteiger partial charge in [-0.05, 0) is 22.8 Å². The minimum atomic E-state index is 0.0243. The Labute approximate surface area is 141 Å². The van der Waals surface area contributed by atoms with Gasteiger partial charge in [-0.25, -0.2) is 0 Å². The maximum absolute atomic E-state index is 4.76. The molecule has 1 aliphatic rings. The summed E-state index contributed by atoms with van der Waals surface area (Å²) in [5.74, 6) is 1.22. The van der Waals surface area contributed by atoms with Crippen molar-refractivity contribution in [3.63, 3.8) is 0 Å². The van der Waals surface area contributed by atoms with Crippen LogP contribution in [0, 0.1) is 10.8 Å². The van der Waals surface area contributed by atoms with E-state index in [0.717, 1.165) is 6.32 Å². The molecule has 0 spiro atoms. The van der Waals surface area contributed by atoms with Gasteiger partial charge < -0.3 is 0 Å². The van der Waals surface area contributed by atoms with E-state index in [1.54, 1.807) is 0 Å². The third-order valence-corrected chi connectivity index (χ3v) is 7.11. The lowest BCUT2D eigenvalue weighted by Crippen LogP contribution is -2.36. The molecule has 21 heavy (non-hydrogen) atoms. The first-order valence-corrected chi connectivity index (χ1v) is 9.25. The van der Waals surface area contributed by atoms with Crippen molar-refractivity contribution in [2.24, 2.45) is 10.8 Å². The third kappa shape index (κ3) is 4.25. The molecule has 0 N–H and O–H groups in total. The molecule has 1 radical (unpaired) electrons. The van der Waals surface area contributed by atoms with Crippen molar-refractivity contribution in [3.8, 4) is 0 Å². The highest BCUT2D eigenvalue weighted by molar-refractivity contribution is 7.99. The quantitative estimate of drug-likeness (QED) is 0.612. The number of benzene rings is 1. The highest BCUT2D eigenvalue weighted by Crippen LogP contribution is 2.40. The summed E-state index contributed by atoms with van der Waals surface area (Å²) in [6.45, 7) is 13.7. The number of hydrogen-bond acceptors (Lipinski definition) is 2. The van der Waals surface area contributed by atoms with Crippen LogP contribution in [-0.4, -0.2) is 17.8 Å². The molecule has 115 valence electrons. The number of fused-ring (bicyclic) bond motifs is 1. The first-order valence-electron chi connectivity index (χ1n) is 7.82. The summed E-state index contributed by atoms with van der Waals surface area (Å²) in [7, 11) is 2.37. The molecule has 1 aromatic carbocycles. The molecule has 1 heterocycles.